The van der Waals surface area contributed by atoms with Crippen molar-refractivity contribution in [2.75, 3.05) is 5.75 Å². The molecule has 1 N–H and O–H groups in total. The molecule has 2 aromatic carbocycles. The van der Waals surface area contributed by atoms with Crippen LogP contribution in [-0.4, -0.2) is 28.8 Å². The Morgan fingerprint density at radius 1 is 1.00 bits per heavy atom. The fourth-order valence-electron chi connectivity index (χ4n) is 2.06. The number of amides is 1. The molecular formula is C19H19NO4S. The second-order valence-electron chi connectivity index (χ2n) is 5.31. The van der Waals surface area contributed by atoms with Crippen LogP contribution in [0.5, 0.6) is 0 Å². The first-order valence-corrected chi connectivity index (χ1v) is 8.74. The van der Waals surface area contributed by atoms with Crippen LogP contribution in [0.3, 0.4) is 0 Å². The summed E-state index contributed by atoms with van der Waals surface area (Å²) < 4.78 is 5.25. The van der Waals surface area contributed by atoms with E-state index in [1.165, 1.54) is 6.92 Å². The lowest BCUT2D eigenvalue weighted by atomic mass is 10.2. The summed E-state index contributed by atoms with van der Waals surface area (Å²) in [5.74, 6) is -0.803. The molecule has 5 nitrogen and oxygen atoms in total. The summed E-state index contributed by atoms with van der Waals surface area (Å²) in [6, 6.07) is 17.2. The Labute approximate surface area is 150 Å². The molecule has 0 aromatic heterocycles. The summed E-state index contributed by atoms with van der Waals surface area (Å²) in [4.78, 5) is 35.7. The van der Waals surface area contributed by atoms with Crippen molar-refractivity contribution in [2.24, 2.45) is 0 Å². The Bertz CT molecular complexity index is 719. The number of carbonyl (C=O) groups excluding carboxylic acids is 3. The SMILES string of the molecule is CC(=O)N[C@@H](CSC(=O)c1ccccc1)C(=O)OCc1ccccc1. The van der Waals surface area contributed by atoms with Gasteiger partial charge in [0.15, 0.2) is 0 Å². The van der Waals surface area contributed by atoms with Crippen LogP contribution >= 0.6 is 11.8 Å². The van der Waals surface area contributed by atoms with Crippen molar-refractivity contribution < 1.29 is 19.1 Å². The molecule has 0 aliphatic carbocycles. The predicted molar refractivity (Wildman–Crippen MR) is 97.1 cm³/mol. The van der Waals surface area contributed by atoms with E-state index >= 15 is 0 Å². The van der Waals surface area contributed by atoms with Crippen LogP contribution in [0.25, 0.3) is 0 Å². The lowest BCUT2D eigenvalue weighted by molar-refractivity contribution is -0.148. The first-order valence-electron chi connectivity index (χ1n) is 7.76. The van der Waals surface area contributed by atoms with Crippen LogP contribution in [0.4, 0.5) is 0 Å². The molecule has 0 radical (unpaired) electrons. The van der Waals surface area contributed by atoms with Gasteiger partial charge in [-0.15, -0.1) is 0 Å². The van der Waals surface area contributed by atoms with Crippen molar-refractivity contribution in [1.82, 2.24) is 5.32 Å². The average Bonchev–Trinajstić information content (AvgIpc) is 2.64. The van der Waals surface area contributed by atoms with Gasteiger partial charge in [-0.2, -0.15) is 0 Å². The van der Waals surface area contributed by atoms with Gasteiger partial charge in [0, 0.05) is 18.2 Å². The van der Waals surface area contributed by atoms with Gasteiger partial charge in [0.25, 0.3) is 0 Å². The van der Waals surface area contributed by atoms with Gasteiger partial charge in [-0.1, -0.05) is 72.4 Å². The summed E-state index contributed by atoms with van der Waals surface area (Å²) in [5, 5.41) is 2.38. The number of thioether (sulfide) groups is 1. The van der Waals surface area contributed by atoms with Crippen molar-refractivity contribution in [3.05, 3.63) is 71.8 Å². The van der Waals surface area contributed by atoms with Gasteiger partial charge in [0.1, 0.15) is 12.6 Å². The summed E-state index contributed by atoms with van der Waals surface area (Å²) in [6.45, 7) is 1.44. The van der Waals surface area contributed by atoms with Gasteiger partial charge >= 0.3 is 5.97 Å². The minimum absolute atomic E-state index is 0.112. The first-order chi connectivity index (χ1) is 12.1. The molecule has 0 saturated heterocycles. The molecule has 25 heavy (non-hydrogen) atoms. The zero-order valence-corrected chi connectivity index (χ0v) is 14.6. The summed E-state index contributed by atoms with van der Waals surface area (Å²) in [5.41, 5.74) is 1.40. The highest BCUT2D eigenvalue weighted by molar-refractivity contribution is 8.14. The minimum Gasteiger partial charge on any atom is -0.459 e. The van der Waals surface area contributed by atoms with Crippen molar-refractivity contribution in [1.29, 1.82) is 0 Å². The van der Waals surface area contributed by atoms with Gasteiger partial charge < -0.3 is 10.1 Å². The van der Waals surface area contributed by atoms with E-state index in [0.717, 1.165) is 17.3 Å². The van der Waals surface area contributed by atoms with Crippen LogP contribution in [0, 0.1) is 0 Å². The molecular weight excluding hydrogens is 338 g/mol. The van der Waals surface area contributed by atoms with E-state index in [2.05, 4.69) is 5.32 Å². The summed E-state index contributed by atoms with van der Waals surface area (Å²) >= 11 is 0.975. The van der Waals surface area contributed by atoms with E-state index < -0.39 is 12.0 Å². The molecule has 0 heterocycles. The maximum Gasteiger partial charge on any atom is 0.329 e. The fraction of sp³-hybridized carbons (Fsp3) is 0.211. The topological polar surface area (TPSA) is 72.5 Å². The van der Waals surface area contributed by atoms with E-state index in [4.69, 9.17) is 4.74 Å². The second-order valence-corrected chi connectivity index (χ2v) is 6.30. The highest BCUT2D eigenvalue weighted by Crippen LogP contribution is 2.14. The molecule has 0 aliphatic heterocycles. The first kappa shape index (κ1) is 18.7. The number of hydrogen-bond acceptors (Lipinski definition) is 5. The number of hydrogen-bond donors (Lipinski definition) is 1. The maximum atomic E-state index is 12.2. The Kier molecular flexibility index (Phi) is 7.22. The Morgan fingerprint density at radius 3 is 2.20 bits per heavy atom. The van der Waals surface area contributed by atoms with Crippen molar-refractivity contribution >= 4 is 28.8 Å². The molecule has 2 aromatic rings. The number of benzene rings is 2. The van der Waals surface area contributed by atoms with Gasteiger partial charge in [-0.25, -0.2) is 4.79 Å². The monoisotopic (exact) mass is 357 g/mol. The minimum atomic E-state index is -0.876. The predicted octanol–water partition coefficient (Wildman–Crippen LogP) is 2.81. The smallest absolute Gasteiger partial charge is 0.329 e. The highest BCUT2D eigenvalue weighted by Gasteiger charge is 2.23. The van der Waals surface area contributed by atoms with Crippen molar-refractivity contribution in [3.63, 3.8) is 0 Å². The quantitative estimate of drug-likeness (QED) is 0.772. The molecule has 2 rings (SSSR count). The zero-order valence-electron chi connectivity index (χ0n) is 13.8. The van der Waals surface area contributed by atoms with Gasteiger partial charge in [0.2, 0.25) is 11.0 Å². The third kappa shape index (κ3) is 6.43. The molecule has 6 heteroatoms. The molecule has 0 spiro atoms. The molecule has 1 atom stereocenters. The third-order valence-electron chi connectivity index (χ3n) is 3.28. The Balaban J connectivity index is 1.92. The van der Waals surface area contributed by atoms with Crippen molar-refractivity contribution in [3.8, 4) is 0 Å². The Morgan fingerprint density at radius 2 is 1.60 bits per heavy atom. The van der Waals surface area contributed by atoms with Crippen LogP contribution in [0.2, 0.25) is 0 Å². The van der Waals surface area contributed by atoms with E-state index in [1.54, 1.807) is 24.3 Å². The highest BCUT2D eigenvalue weighted by atomic mass is 32.2. The van der Waals surface area contributed by atoms with E-state index in [0.29, 0.717) is 5.56 Å². The van der Waals surface area contributed by atoms with E-state index in [1.807, 2.05) is 36.4 Å². The normalized spacial score (nSPS) is 11.4. The van der Waals surface area contributed by atoms with Crippen LogP contribution in [-0.2, 0) is 20.9 Å². The Hall–Kier alpha value is -2.60. The molecule has 0 fully saturated rings. The van der Waals surface area contributed by atoms with Crippen LogP contribution in [0.15, 0.2) is 60.7 Å². The standard InChI is InChI=1S/C19H19NO4S/c1-14(21)20-17(13-25-19(23)16-10-6-3-7-11-16)18(22)24-12-15-8-4-2-5-9-15/h2-11,17H,12-13H2,1H3,(H,20,21)/t17-/m0/s1. The zero-order chi connectivity index (χ0) is 18.1. The molecule has 0 saturated carbocycles. The molecule has 1 amide bonds. The second kappa shape index (κ2) is 9.64. The fourth-order valence-corrected chi connectivity index (χ4v) is 2.90. The third-order valence-corrected chi connectivity index (χ3v) is 4.27. The van der Waals surface area contributed by atoms with Gasteiger partial charge in [-0.05, 0) is 5.56 Å². The maximum absolute atomic E-state index is 12.2. The number of rotatable bonds is 7. The van der Waals surface area contributed by atoms with E-state index in [-0.39, 0.29) is 23.4 Å². The van der Waals surface area contributed by atoms with Crippen molar-refractivity contribution in [2.45, 2.75) is 19.6 Å². The largest absolute Gasteiger partial charge is 0.459 e. The summed E-state index contributed by atoms with van der Waals surface area (Å²) in [7, 11) is 0. The number of nitrogens with one attached hydrogen (secondary N) is 1. The lowest BCUT2D eigenvalue weighted by Gasteiger charge is -2.16. The van der Waals surface area contributed by atoms with E-state index in [9.17, 15) is 14.4 Å². The molecule has 130 valence electrons. The van der Waals surface area contributed by atoms with Gasteiger partial charge in [-0.3, -0.25) is 9.59 Å². The summed E-state index contributed by atoms with van der Waals surface area (Å²) in [6.07, 6.45) is 0. The van der Waals surface area contributed by atoms with Gasteiger partial charge in [0.05, 0.1) is 0 Å². The molecule has 0 unspecified atom stereocenters. The number of ether oxygens (including phenoxy) is 1. The van der Waals surface area contributed by atoms with Crippen LogP contribution < -0.4 is 5.32 Å². The number of carbonyl (C=O) groups is 3. The average molecular weight is 357 g/mol. The molecule has 0 bridgehead atoms. The lowest BCUT2D eigenvalue weighted by Crippen LogP contribution is -2.42. The molecule has 0 aliphatic rings. The van der Waals surface area contributed by atoms with Crippen LogP contribution in [0.1, 0.15) is 22.8 Å². The number of esters is 1.